The van der Waals surface area contributed by atoms with Crippen molar-refractivity contribution in [2.45, 2.75) is 30.2 Å². The molecule has 24 heavy (non-hydrogen) atoms. The van der Waals surface area contributed by atoms with Crippen molar-refractivity contribution in [3.8, 4) is 0 Å². The highest BCUT2D eigenvalue weighted by Crippen LogP contribution is 2.20. The van der Waals surface area contributed by atoms with Crippen LogP contribution in [0.25, 0.3) is 0 Å². The Kier molecular flexibility index (Phi) is 8.10. The predicted octanol–water partition coefficient (Wildman–Crippen LogP) is 0.530. The summed E-state index contributed by atoms with van der Waals surface area (Å²) in [5.74, 6) is -0.268. The third-order valence-electron chi connectivity index (χ3n) is 3.91. The summed E-state index contributed by atoms with van der Waals surface area (Å²) in [6.07, 6.45) is 2.53. The molecule has 138 valence electrons. The molecule has 1 unspecified atom stereocenters. The van der Waals surface area contributed by atoms with Crippen molar-refractivity contribution in [3.05, 3.63) is 30.3 Å². The average Bonchev–Trinajstić information content (AvgIpc) is 2.55. The lowest BCUT2D eigenvalue weighted by atomic mass is 10.1. The Bertz CT molecular complexity index is 711. The van der Waals surface area contributed by atoms with Crippen molar-refractivity contribution < 1.29 is 16.8 Å². The van der Waals surface area contributed by atoms with Crippen LogP contribution in [0.2, 0.25) is 0 Å². The first-order valence-electron chi connectivity index (χ1n) is 7.61. The second kappa shape index (κ2) is 9.12. The van der Waals surface area contributed by atoms with E-state index in [1.165, 1.54) is 16.4 Å². The zero-order chi connectivity index (χ0) is 16.9. The Morgan fingerprint density at radius 1 is 1.12 bits per heavy atom. The lowest BCUT2D eigenvalue weighted by Gasteiger charge is -2.33. The van der Waals surface area contributed by atoms with Gasteiger partial charge in [0.15, 0.2) is 0 Å². The van der Waals surface area contributed by atoms with Crippen molar-refractivity contribution in [3.63, 3.8) is 0 Å². The molecular weight excluding hydrogens is 374 g/mol. The number of piperidine rings is 1. The molecule has 0 amide bonds. The van der Waals surface area contributed by atoms with Crippen molar-refractivity contribution in [1.29, 1.82) is 0 Å². The molecule has 1 fully saturated rings. The van der Waals surface area contributed by atoms with Crippen molar-refractivity contribution in [2.75, 3.05) is 25.4 Å². The van der Waals surface area contributed by atoms with Gasteiger partial charge in [-0.25, -0.2) is 21.6 Å². The number of hydrogen-bond acceptors (Lipinski definition) is 5. The third-order valence-corrected chi connectivity index (χ3v) is 7.30. The molecule has 0 saturated carbocycles. The second-order valence-corrected chi connectivity index (χ2v) is 9.33. The van der Waals surface area contributed by atoms with Crippen LogP contribution in [-0.2, 0) is 20.0 Å². The molecule has 1 aromatic rings. The van der Waals surface area contributed by atoms with Crippen LogP contribution in [0.5, 0.6) is 0 Å². The first-order chi connectivity index (χ1) is 10.9. The number of hydrogen-bond donors (Lipinski definition) is 2. The van der Waals surface area contributed by atoms with Gasteiger partial charge in [0, 0.05) is 25.7 Å². The summed E-state index contributed by atoms with van der Waals surface area (Å²) in [7, 11) is -7.21. The van der Waals surface area contributed by atoms with E-state index in [1.54, 1.807) is 18.2 Å². The predicted molar refractivity (Wildman–Crippen MR) is 96.1 cm³/mol. The molecule has 0 bridgehead atoms. The zero-order valence-electron chi connectivity index (χ0n) is 13.3. The van der Waals surface area contributed by atoms with Crippen LogP contribution in [-0.4, -0.2) is 52.6 Å². The fraction of sp³-hybridized carbons (Fsp3) is 0.571. The molecule has 0 spiro atoms. The van der Waals surface area contributed by atoms with E-state index >= 15 is 0 Å². The maximum atomic E-state index is 12.4. The van der Waals surface area contributed by atoms with E-state index in [2.05, 4.69) is 4.72 Å². The molecule has 1 saturated heterocycles. The highest BCUT2D eigenvalue weighted by Gasteiger charge is 2.31. The molecule has 0 radical (unpaired) electrons. The van der Waals surface area contributed by atoms with Crippen LogP contribution in [0.15, 0.2) is 35.2 Å². The lowest BCUT2D eigenvalue weighted by Crippen LogP contribution is -2.49. The lowest BCUT2D eigenvalue weighted by molar-refractivity contribution is 0.257. The van der Waals surface area contributed by atoms with Gasteiger partial charge in [-0.3, -0.25) is 0 Å². The van der Waals surface area contributed by atoms with E-state index in [9.17, 15) is 16.8 Å². The van der Waals surface area contributed by atoms with E-state index in [0.717, 1.165) is 19.3 Å². The molecule has 2 rings (SSSR count). The Hall–Kier alpha value is -0.710. The standard InChI is InChI=1S/C14H23N3O4S2.ClH/c15-12-13-6-4-5-10-17(13)22(18,19)11-9-16-23(20,21)14-7-2-1-3-8-14;/h1-3,7-8,13,16H,4-6,9-12,15H2;1H. The minimum atomic E-state index is -3.69. The van der Waals surface area contributed by atoms with E-state index in [0.29, 0.717) is 6.54 Å². The van der Waals surface area contributed by atoms with Crippen LogP contribution in [0.3, 0.4) is 0 Å². The molecule has 1 heterocycles. The smallest absolute Gasteiger partial charge is 0.240 e. The van der Waals surface area contributed by atoms with Gasteiger partial charge in [0.1, 0.15) is 0 Å². The SMILES string of the molecule is Cl.NCC1CCCCN1S(=O)(=O)CCNS(=O)(=O)c1ccccc1. The summed E-state index contributed by atoms with van der Waals surface area (Å²) in [4.78, 5) is 0.121. The number of rotatable bonds is 7. The fourth-order valence-electron chi connectivity index (χ4n) is 2.68. The largest absolute Gasteiger partial charge is 0.329 e. The zero-order valence-corrected chi connectivity index (χ0v) is 15.7. The Labute approximate surface area is 150 Å². The number of nitrogens with zero attached hydrogens (tertiary/aromatic N) is 1. The summed E-state index contributed by atoms with van der Waals surface area (Å²) in [6.45, 7) is 0.581. The van der Waals surface area contributed by atoms with Crippen molar-refractivity contribution in [2.24, 2.45) is 5.73 Å². The van der Waals surface area contributed by atoms with Gasteiger partial charge < -0.3 is 5.73 Å². The summed E-state index contributed by atoms with van der Waals surface area (Å²) in [5.41, 5.74) is 5.65. The van der Waals surface area contributed by atoms with Gasteiger partial charge in [-0.05, 0) is 25.0 Å². The summed E-state index contributed by atoms with van der Waals surface area (Å²) < 4.78 is 52.7. The molecule has 1 aliphatic rings. The number of nitrogens with one attached hydrogen (secondary N) is 1. The monoisotopic (exact) mass is 397 g/mol. The molecule has 1 atom stereocenters. The second-order valence-electron chi connectivity index (χ2n) is 5.52. The number of benzene rings is 1. The Morgan fingerprint density at radius 3 is 2.42 bits per heavy atom. The van der Waals surface area contributed by atoms with Crippen LogP contribution in [0.4, 0.5) is 0 Å². The fourth-order valence-corrected chi connectivity index (χ4v) is 5.51. The van der Waals surface area contributed by atoms with E-state index in [1.807, 2.05) is 0 Å². The topological polar surface area (TPSA) is 110 Å². The van der Waals surface area contributed by atoms with Gasteiger partial charge in [0.2, 0.25) is 20.0 Å². The Balaban J connectivity index is 0.00000288. The molecule has 7 nitrogen and oxygen atoms in total. The van der Waals surface area contributed by atoms with Gasteiger partial charge in [0.05, 0.1) is 10.6 Å². The maximum absolute atomic E-state index is 12.4. The van der Waals surface area contributed by atoms with Gasteiger partial charge in [-0.2, -0.15) is 4.31 Å². The van der Waals surface area contributed by atoms with Crippen LogP contribution >= 0.6 is 12.4 Å². The van der Waals surface area contributed by atoms with Gasteiger partial charge in [-0.15, -0.1) is 12.4 Å². The first kappa shape index (κ1) is 21.3. The molecule has 0 aliphatic carbocycles. The van der Waals surface area contributed by atoms with Gasteiger partial charge in [-0.1, -0.05) is 24.6 Å². The molecule has 1 aromatic carbocycles. The van der Waals surface area contributed by atoms with Crippen molar-refractivity contribution >= 4 is 32.5 Å². The average molecular weight is 398 g/mol. The highest BCUT2D eigenvalue weighted by molar-refractivity contribution is 7.90. The third kappa shape index (κ3) is 5.40. The van der Waals surface area contributed by atoms with Crippen LogP contribution < -0.4 is 10.5 Å². The minimum Gasteiger partial charge on any atom is -0.329 e. The number of nitrogens with two attached hydrogens (primary N) is 1. The summed E-state index contributed by atoms with van der Waals surface area (Å²) in [6, 6.07) is 7.69. The number of sulfonamides is 2. The maximum Gasteiger partial charge on any atom is 0.240 e. The quantitative estimate of drug-likeness (QED) is 0.697. The number of halogens is 1. The van der Waals surface area contributed by atoms with Crippen LogP contribution in [0.1, 0.15) is 19.3 Å². The van der Waals surface area contributed by atoms with Crippen LogP contribution in [0, 0.1) is 0 Å². The van der Waals surface area contributed by atoms with E-state index in [4.69, 9.17) is 5.73 Å². The molecule has 10 heteroatoms. The van der Waals surface area contributed by atoms with E-state index in [-0.39, 0.29) is 42.2 Å². The van der Waals surface area contributed by atoms with Gasteiger partial charge in [0.25, 0.3) is 0 Å². The normalized spacial score (nSPS) is 19.6. The van der Waals surface area contributed by atoms with Crippen molar-refractivity contribution in [1.82, 2.24) is 9.03 Å². The highest BCUT2D eigenvalue weighted by atomic mass is 35.5. The summed E-state index contributed by atoms with van der Waals surface area (Å²) in [5, 5.41) is 0. The molecular formula is C14H24ClN3O4S2. The minimum absolute atomic E-state index is 0. The molecule has 3 N–H and O–H groups in total. The summed E-state index contributed by atoms with van der Waals surface area (Å²) >= 11 is 0. The first-order valence-corrected chi connectivity index (χ1v) is 10.7. The van der Waals surface area contributed by atoms with Gasteiger partial charge >= 0.3 is 0 Å². The molecule has 0 aromatic heterocycles. The van der Waals surface area contributed by atoms with E-state index < -0.39 is 20.0 Å². The molecule has 1 aliphatic heterocycles. The Morgan fingerprint density at radius 2 is 1.79 bits per heavy atom.